The molecule has 1 aromatic heterocycles. The summed E-state index contributed by atoms with van der Waals surface area (Å²) >= 11 is 0. The molecule has 0 radical (unpaired) electrons. The molecular formula is C28H23NO2. The third-order valence-electron chi connectivity index (χ3n) is 5.98. The van der Waals surface area contributed by atoms with E-state index in [1.54, 1.807) is 12.1 Å². The molecule has 0 spiro atoms. The first-order valence-corrected chi connectivity index (χ1v) is 10.5. The van der Waals surface area contributed by atoms with Gasteiger partial charge >= 0.3 is 5.97 Å². The Morgan fingerprint density at radius 1 is 0.774 bits per heavy atom. The number of hydrogen-bond acceptors (Lipinski definition) is 2. The molecular weight excluding hydrogens is 382 g/mol. The lowest BCUT2D eigenvalue weighted by Crippen LogP contribution is -2.10. The van der Waals surface area contributed by atoms with Gasteiger partial charge in [0.1, 0.15) is 5.75 Å². The molecule has 0 saturated carbocycles. The summed E-state index contributed by atoms with van der Waals surface area (Å²) in [5.41, 5.74) is 6.14. The highest BCUT2D eigenvalue weighted by Crippen LogP contribution is 2.37. The lowest BCUT2D eigenvalue weighted by Gasteiger charge is -2.13. The molecule has 0 aliphatic carbocycles. The standard InChI is InChI=1S/C28H23NO2/c1-19-20(2)27-23-15-9-10-16-24(23)29(18-21-11-5-3-6-12-21)25(27)17-26(19)31-28(30)22-13-7-4-8-14-22/h3-17H,18H2,1-2H3. The summed E-state index contributed by atoms with van der Waals surface area (Å²) in [7, 11) is 0. The molecule has 0 saturated heterocycles. The molecule has 5 rings (SSSR count). The van der Waals surface area contributed by atoms with E-state index >= 15 is 0 Å². The molecule has 0 aliphatic heterocycles. The predicted molar refractivity (Wildman–Crippen MR) is 126 cm³/mol. The van der Waals surface area contributed by atoms with Gasteiger partial charge in [-0.25, -0.2) is 4.79 Å². The van der Waals surface area contributed by atoms with Gasteiger partial charge in [-0.3, -0.25) is 0 Å². The first-order valence-electron chi connectivity index (χ1n) is 10.5. The first-order chi connectivity index (χ1) is 15.1. The van der Waals surface area contributed by atoms with Crippen molar-refractivity contribution in [2.24, 2.45) is 0 Å². The second-order valence-electron chi connectivity index (χ2n) is 7.86. The van der Waals surface area contributed by atoms with Crippen molar-refractivity contribution in [2.75, 3.05) is 0 Å². The van der Waals surface area contributed by atoms with E-state index in [2.05, 4.69) is 60.0 Å². The van der Waals surface area contributed by atoms with E-state index in [4.69, 9.17) is 4.74 Å². The highest BCUT2D eigenvalue weighted by atomic mass is 16.5. The Bertz CT molecular complexity index is 1400. The summed E-state index contributed by atoms with van der Waals surface area (Å²) in [6.45, 7) is 4.88. The van der Waals surface area contributed by atoms with Crippen molar-refractivity contribution in [3.8, 4) is 5.75 Å². The van der Waals surface area contributed by atoms with E-state index in [9.17, 15) is 4.79 Å². The van der Waals surface area contributed by atoms with Gasteiger partial charge < -0.3 is 9.30 Å². The minimum atomic E-state index is -0.340. The topological polar surface area (TPSA) is 31.2 Å². The molecule has 0 bridgehead atoms. The Hall–Kier alpha value is -3.85. The SMILES string of the molecule is Cc1c(OC(=O)c2ccccc2)cc2c(c1C)c1ccccc1n2Cc1ccccc1. The number of benzene rings is 4. The fourth-order valence-corrected chi connectivity index (χ4v) is 4.25. The lowest BCUT2D eigenvalue weighted by molar-refractivity contribution is 0.0733. The number of fused-ring (bicyclic) bond motifs is 3. The molecule has 4 aromatic carbocycles. The third kappa shape index (κ3) is 3.38. The van der Waals surface area contributed by atoms with Crippen molar-refractivity contribution >= 4 is 27.8 Å². The Morgan fingerprint density at radius 3 is 2.16 bits per heavy atom. The monoisotopic (exact) mass is 405 g/mol. The molecule has 0 N–H and O–H groups in total. The first kappa shape index (κ1) is 19.1. The van der Waals surface area contributed by atoms with E-state index < -0.39 is 0 Å². The van der Waals surface area contributed by atoms with Gasteiger partial charge in [0.05, 0.1) is 11.1 Å². The zero-order chi connectivity index (χ0) is 21.4. The molecule has 31 heavy (non-hydrogen) atoms. The fourth-order valence-electron chi connectivity index (χ4n) is 4.25. The Kier molecular flexibility index (Phi) is 4.79. The van der Waals surface area contributed by atoms with Crippen LogP contribution in [0.25, 0.3) is 21.8 Å². The average molecular weight is 405 g/mol. The number of esters is 1. The van der Waals surface area contributed by atoms with Gasteiger partial charge in [0.2, 0.25) is 0 Å². The summed E-state index contributed by atoms with van der Waals surface area (Å²) < 4.78 is 8.18. The van der Waals surface area contributed by atoms with Gasteiger partial charge in [0.25, 0.3) is 0 Å². The molecule has 5 aromatic rings. The summed E-state index contributed by atoms with van der Waals surface area (Å²) in [6, 6.07) is 30.0. The van der Waals surface area contributed by atoms with Gasteiger partial charge in [-0.15, -0.1) is 0 Å². The minimum Gasteiger partial charge on any atom is -0.423 e. The molecule has 3 heteroatoms. The van der Waals surface area contributed by atoms with Crippen molar-refractivity contribution in [1.82, 2.24) is 4.57 Å². The highest BCUT2D eigenvalue weighted by Gasteiger charge is 2.19. The van der Waals surface area contributed by atoms with Gasteiger partial charge in [0.15, 0.2) is 0 Å². The molecule has 3 nitrogen and oxygen atoms in total. The molecule has 0 atom stereocenters. The van der Waals surface area contributed by atoms with E-state index in [1.807, 2.05) is 37.3 Å². The third-order valence-corrected chi connectivity index (χ3v) is 5.98. The summed E-state index contributed by atoms with van der Waals surface area (Å²) in [5.74, 6) is 0.268. The zero-order valence-electron chi connectivity index (χ0n) is 17.6. The highest BCUT2D eigenvalue weighted by molar-refractivity contribution is 6.11. The van der Waals surface area contributed by atoms with Gasteiger partial charge in [-0.05, 0) is 48.7 Å². The van der Waals surface area contributed by atoms with Crippen LogP contribution in [0.5, 0.6) is 5.75 Å². The lowest BCUT2D eigenvalue weighted by atomic mass is 10.0. The maximum Gasteiger partial charge on any atom is 0.343 e. The molecule has 152 valence electrons. The van der Waals surface area contributed by atoms with Crippen molar-refractivity contribution in [3.63, 3.8) is 0 Å². The van der Waals surface area contributed by atoms with Crippen LogP contribution in [0.15, 0.2) is 91.0 Å². The van der Waals surface area contributed by atoms with Crippen LogP contribution in [0.3, 0.4) is 0 Å². The summed E-state index contributed by atoms with van der Waals surface area (Å²) in [6.07, 6.45) is 0. The van der Waals surface area contributed by atoms with Gasteiger partial charge in [-0.2, -0.15) is 0 Å². The van der Waals surface area contributed by atoms with Crippen LogP contribution in [0.4, 0.5) is 0 Å². The van der Waals surface area contributed by atoms with Crippen LogP contribution in [0.1, 0.15) is 27.0 Å². The second kappa shape index (κ2) is 7.77. The fraction of sp³-hybridized carbons (Fsp3) is 0.107. The average Bonchev–Trinajstić information content (AvgIpc) is 3.12. The minimum absolute atomic E-state index is 0.340. The summed E-state index contributed by atoms with van der Waals surface area (Å²) in [4.78, 5) is 12.7. The number of aryl methyl sites for hydroxylation is 1. The number of carbonyl (C=O) groups is 1. The molecule has 0 aliphatic rings. The van der Waals surface area contributed by atoms with Crippen LogP contribution in [0.2, 0.25) is 0 Å². The normalized spacial score (nSPS) is 11.2. The Balaban J connectivity index is 1.69. The molecule has 0 amide bonds. The van der Waals surface area contributed by atoms with Gasteiger partial charge in [0, 0.05) is 28.9 Å². The van der Waals surface area contributed by atoms with E-state index in [0.29, 0.717) is 11.3 Å². The quantitative estimate of drug-likeness (QED) is 0.247. The van der Waals surface area contributed by atoms with Gasteiger partial charge in [-0.1, -0.05) is 66.7 Å². The van der Waals surface area contributed by atoms with E-state index in [-0.39, 0.29) is 5.97 Å². The smallest absolute Gasteiger partial charge is 0.343 e. The molecule has 1 heterocycles. The van der Waals surface area contributed by atoms with E-state index in [1.165, 1.54) is 21.9 Å². The number of hydrogen-bond donors (Lipinski definition) is 0. The number of carbonyl (C=O) groups excluding carboxylic acids is 1. The maximum absolute atomic E-state index is 12.7. The second-order valence-corrected chi connectivity index (χ2v) is 7.86. The Labute approximate surface area is 181 Å². The summed E-state index contributed by atoms with van der Waals surface area (Å²) in [5, 5.41) is 2.43. The zero-order valence-corrected chi connectivity index (χ0v) is 17.6. The number of ether oxygens (including phenoxy) is 1. The van der Waals surface area contributed by atoms with E-state index in [0.717, 1.165) is 23.2 Å². The number of aromatic nitrogens is 1. The number of rotatable bonds is 4. The molecule has 0 fully saturated rings. The van der Waals surface area contributed by atoms with Crippen molar-refractivity contribution in [3.05, 3.63) is 113 Å². The predicted octanol–water partition coefficient (Wildman–Crippen LogP) is 6.68. The largest absolute Gasteiger partial charge is 0.423 e. The Morgan fingerprint density at radius 2 is 1.42 bits per heavy atom. The van der Waals surface area contributed by atoms with Crippen LogP contribution in [0, 0.1) is 13.8 Å². The van der Waals surface area contributed by atoms with Crippen LogP contribution >= 0.6 is 0 Å². The van der Waals surface area contributed by atoms with Crippen LogP contribution in [-0.2, 0) is 6.54 Å². The maximum atomic E-state index is 12.7. The van der Waals surface area contributed by atoms with Crippen molar-refractivity contribution in [2.45, 2.75) is 20.4 Å². The molecule has 0 unspecified atom stereocenters. The number of para-hydroxylation sites is 1. The van der Waals surface area contributed by atoms with Crippen LogP contribution < -0.4 is 4.74 Å². The van der Waals surface area contributed by atoms with Crippen LogP contribution in [-0.4, -0.2) is 10.5 Å². The number of nitrogens with zero attached hydrogens (tertiary/aromatic N) is 1. The van der Waals surface area contributed by atoms with Crippen molar-refractivity contribution < 1.29 is 9.53 Å². The van der Waals surface area contributed by atoms with Crippen molar-refractivity contribution in [1.29, 1.82) is 0 Å².